The fourth-order valence-corrected chi connectivity index (χ4v) is 1.67. The monoisotopic (exact) mass is 290 g/mol. The summed E-state index contributed by atoms with van der Waals surface area (Å²) in [5.74, 6) is -0.785. The van der Waals surface area contributed by atoms with Gasteiger partial charge in [-0.15, -0.1) is 0 Å². The van der Waals surface area contributed by atoms with Crippen LogP contribution in [-0.2, 0) is 6.18 Å². The van der Waals surface area contributed by atoms with Crippen LogP contribution in [0.25, 0.3) is 0 Å². The third-order valence-electron chi connectivity index (χ3n) is 2.29. The topological polar surface area (TPSA) is 24.9 Å². The van der Waals surface area contributed by atoms with E-state index in [-0.39, 0.29) is 16.4 Å². The molecule has 0 unspecified atom stereocenters. The normalized spacial score (nSPS) is 11.4. The third-order valence-corrected chi connectivity index (χ3v) is 2.53. The van der Waals surface area contributed by atoms with Crippen LogP contribution in [0.2, 0.25) is 5.02 Å². The summed E-state index contributed by atoms with van der Waals surface area (Å²) < 4.78 is 51.4. The van der Waals surface area contributed by atoms with Crippen LogP contribution in [0.4, 0.5) is 28.9 Å². The molecule has 0 fully saturated rings. The first-order valence-electron chi connectivity index (χ1n) is 5.11. The van der Waals surface area contributed by atoms with Gasteiger partial charge in [0.15, 0.2) is 0 Å². The molecule has 0 atom stereocenters. The van der Waals surface area contributed by atoms with E-state index in [1.54, 1.807) is 0 Å². The second kappa shape index (κ2) is 5.05. The van der Waals surface area contributed by atoms with Gasteiger partial charge in [0, 0.05) is 23.0 Å². The maximum atomic E-state index is 12.9. The van der Waals surface area contributed by atoms with Crippen molar-refractivity contribution in [2.75, 3.05) is 5.32 Å². The zero-order valence-electron chi connectivity index (χ0n) is 9.30. The number of aromatic nitrogens is 1. The lowest BCUT2D eigenvalue weighted by Gasteiger charge is -2.14. The maximum absolute atomic E-state index is 12.9. The van der Waals surface area contributed by atoms with Gasteiger partial charge in [0.1, 0.15) is 0 Å². The number of anilines is 2. The minimum absolute atomic E-state index is 0.0289. The molecule has 1 aromatic heterocycles. The van der Waals surface area contributed by atoms with Crippen molar-refractivity contribution in [1.82, 2.24) is 4.98 Å². The van der Waals surface area contributed by atoms with E-state index < -0.39 is 17.7 Å². The number of benzene rings is 1. The van der Waals surface area contributed by atoms with Crippen LogP contribution >= 0.6 is 11.6 Å². The second-order valence-electron chi connectivity index (χ2n) is 3.68. The Morgan fingerprint density at radius 2 is 1.84 bits per heavy atom. The Hall–Kier alpha value is -1.82. The largest absolute Gasteiger partial charge is 0.418 e. The van der Waals surface area contributed by atoms with Crippen LogP contribution in [0.5, 0.6) is 0 Å². The molecular formula is C12H7ClF4N2. The summed E-state index contributed by atoms with van der Waals surface area (Å²) in [6, 6.07) is 5.66. The van der Waals surface area contributed by atoms with E-state index in [0.29, 0.717) is 0 Å². The van der Waals surface area contributed by atoms with E-state index in [0.717, 1.165) is 18.3 Å². The molecule has 2 rings (SSSR count). The van der Waals surface area contributed by atoms with Crippen molar-refractivity contribution < 1.29 is 17.6 Å². The van der Waals surface area contributed by atoms with Gasteiger partial charge in [0.05, 0.1) is 11.3 Å². The molecule has 0 saturated carbocycles. The Kier molecular flexibility index (Phi) is 3.61. The predicted molar refractivity (Wildman–Crippen MR) is 63.9 cm³/mol. The van der Waals surface area contributed by atoms with Crippen molar-refractivity contribution in [2.45, 2.75) is 6.18 Å². The highest BCUT2D eigenvalue weighted by Gasteiger charge is 2.33. The van der Waals surface area contributed by atoms with Gasteiger partial charge >= 0.3 is 6.18 Å². The van der Waals surface area contributed by atoms with Crippen molar-refractivity contribution in [2.24, 2.45) is 0 Å². The molecule has 0 aliphatic carbocycles. The number of hydrogen-bond donors (Lipinski definition) is 1. The fraction of sp³-hybridized carbons (Fsp3) is 0.0833. The van der Waals surface area contributed by atoms with Crippen molar-refractivity contribution in [3.63, 3.8) is 0 Å². The Morgan fingerprint density at radius 1 is 1.11 bits per heavy atom. The highest BCUT2D eigenvalue weighted by molar-refractivity contribution is 6.30. The molecule has 7 heteroatoms. The second-order valence-corrected chi connectivity index (χ2v) is 4.12. The van der Waals surface area contributed by atoms with Gasteiger partial charge in [-0.3, -0.25) is 0 Å². The minimum Gasteiger partial charge on any atom is -0.355 e. The smallest absolute Gasteiger partial charge is 0.355 e. The Balaban J connectivity index is 2.40. The average molecular weight is 291 g/mol. The first kappa shape index (κ1) is 13.6. The lowest BCUT2D eigenvalue weighted by molar-refractivity contribution is -0.136. The quantitative estimate of drug-likeness (QED) is 0.644. The van der Waals surface area contributed by atoms with Gasteiger partial charge in [0.25, 0.3) is 0 Å². The molecule has 1 heterocycles. The third kappa shape index (κ3) is 3.35. The molecule has 100 valence electrons. The molecule has 2 aromatic rings. The molecule has 0 amide bonds. The van der Waals surface area contributed by atoms with E-state index in [4.69, 9.17) is 11.6 Å². The van der Waals surface area contributed by atoms with Gasteiger partial charge in [0.2, 0.25) is 5.95 Å². The number of nitrogens with zero attached hydrogens (tertiary/aromatic N) is 1. The average Bonchev–Trinajstić information content (AvgIpc) is 2.30. The summed E-state index contributed by atoms with van der Waals surface area (Å²) in [5.41, 5.74) is -0.958. The fourth-order valence-electron chi connectivity index (χ4n) is 1.50. The molecule has 0 aliphatic rings. The predicted octanol–water partition coefficient (Wildman–Crippen LogP) is 4.64. The van der Waals surface area contributed by atoms with E-state index in [1.807, 2.05) is 0 Å². The molecular weight excluding hydrogens is 284 g/mol. The summed E-state index contributed by atoms with van der Waals surface area (Å²) >= 11 is 5.55. The Labute approximate surface area is 111 Å². The first-order chi connectivity index (χ1) is 8.86. The number of rotatable bonds is 2. The molecule has 0 bridgehead atoms. The van der Waals surface area contributed by atoms with Crippen molar-refractivity contribution in [3.8, 4) is 0 Å². The lowest BCUT2D eigenvalue weighted by Crippen LogP contribution is -2.09. The molecule has 0 radical (unpaired) electrons. The Morgan fingerprint density at radius 3 is 2.47 bits per heavy atom. The van der Waals surface area contributed by atoms with E-state index in [2.05, 4.69) is 10.3 Å². The summed E-state index contributed by atoms with van der Waals surface area (Å²) in [6.45, 7) is 0. The van der Waals surface area contributed by atoms with Gasteiger partial charge in [-0.2, -0.15) is 17.6 Å². The van der Waals surface area contributed by atoms with Crippen LogP contribution in [0.3, 0.4) is 0 Å². The zero-order valence-corrected chi connectivity index (χ0v) is 10.1. The SMILES string of the molecule is Fc1cc(Nc2ccc(Cl)cc2C(F)(F)F)ccn1. The zero-order chi connectivity index (χ0) is 14.0. The molecule has 1 N–H and O–H groups in total. The van der Waals surface area contributed by atoms with E-state index >= 15 is 0 Å². The summed E-state index contributed by atoms with van der Waals surface area (Å²) in [7, 11) is 0. The number of pyridine rings is 1. The van der Waals surface area contributed by atoms with E-state index in [9.17, 15) is 17.6 Å². The molecule has 0 spiro atoms. The molecule has 2 nitrogen and oxygen atoms in total. The molecule has 0 aliphatic heterocycles. The highest BCUT2D eigenvalue weighted by atomic mass is 35.5. The standard InChI is InChI=1S/C12H7ClF4N2/c13-7-1-2-10(9(5-7)12(15,16)17)19-8-3-4-18-11(14)6-8/h1-6H,(H,18,19). The summed E-state index contributed by atoms with van der Waals surface area (Å²) in [6.07, 6.45) is -3.40. The minimum atomic E-state index is -4.56. The Bertz CT molecular complexity index is 599. The van der Waals surface area contributed by atoms with Crippen molar-refractivity contribution in [3.05, 3.63) is 53.1 Å². The molecule has 1 aromatic carbocycles. The van der Waals surface area contributed by atoms with E-state index in [1.165, 1.54) is 18.2 Å². The van der Waals surface area contributed by atoms with Crippen LogP contribution in [0.1, 0.15) is 5.56 Å². The van der Waals surface area contributed by atoms with Gasteiger partial charge in [-0.05, 0) is 24.3 Å². The first-order valence-corrected chi connectivity index (χ1v) is 5.49. The van der Waals surface area contributed by atoms with Gasteiger partial charge < -0.3 is 5.32 Å². The van der Waals surface area contributed by atoms with Crippen LogP contribution in [-0.4, -0.2) is 4.98 Å². The maximum Gasteiger partial charge on any atom is 0.418 e. The highest BCUT2D eigenvalue weighted by Crippen LogP contribution is 2.37. The van der Waals surface area contributed by atoms with Crippen LogP contribution in [0, 0.1) is 5.95 Å². The van der Waals surface area contributed by atoms with Gasteiger partial charge in [-0.1, -0.05) is 11.6 Å². The summed E-state index contributed by atoms with van der Waals surface area (Å²) in [4.78, 5) is 3.32. The van der Waals surface area contributed by atoms with Crippen LogP contribution in [0.15, 0.2) is 36.5 Å². The summed E-state index contributed by atoms with van der Waals surface area (Å²) in [5, 5.41) is 2.46. The van der Waals surface area contributed by atoms with Crippen molar-refractivity contribution >= 4 is 23.0 Å². The molecule has 19 heavy (non-hydrogen) atoms. The molecule has 0 saturated heterocycles. The number of alkyl halides is 3. The number of nitrogens with one attached hydrogen (secondary N) is 1. The van der Waals surface area contributed by atoms with Crippen molar-refractivity contribution in [1.29, 1.82) is 0 Å². The van der Waals surface area contributed by atoms with Gasteiger partial charge in [-0.25, -0.2) is 4.98 Å². The number of hydrogen-bond acceptors (Lipinski definition) is 2. The lowest BCUT2D eigenvalue weighted by atomic mass is 10.1. The van der Waals surface area contributed by atoms with Crippen LogP contribution < -0.4 is 5.32 Å². The number of halogens is 5.